The number of nitrogens with zero attached hydrogens (tertiary/aromatic N) is 2. The molecule has 7 nitrogen and oxygen atoms in total. The number of hydrogen-bond donors (Lipinski definition) is 1. The minimum absolute atomic E-state index is 0.0626. The minimum atomic E-state index is -4.13. The minimum Gasteiger partial charge on any atom is -0.352 e. The summed E-state index contributed by atoms with van der Waals surface area (Å²) in [6, 6.07) is 19.6. The average Bonchev–Trinajstić information content (AvgIpc) is 2.92. The quantitative estimate of drug-likeness (QED) is 0.289. The fourth-order valence-corrected chi connectivity index (χ4v) is 5.88. The van der Waals surface area contributed by atoms with Crippen LogP contribution in [-0.2, 0) is 26.2 Å². The molecule has 2 atom stereocenters. The molecule has 9 heteroatoms. The molecule has 0 saturated carbocycles. The lowest BCUT2D eigenvalue weighted by atomic mass is 10.1. The van der Waals surface area contributed by atoms with Gasteiger partial charge in [0.2, 0.25) is 11.8 Å². The Morgan fingerprint density at radius 1 is 0.900 bits per heavy atom. The maximum atomic E-state index is 14.1. The van der Waals surface area contributed by atoms with Crippen molar-refractivity contribution in [1.82, 2.24) is 10.2 Å². The molecular weight excluding hydrogens is 546 g/mol. The summed E-state index contributed by atoms with van der Waals surface area (Å²) in [5.74, 6) is -0.754. The van der Waals surface area contributed by atoms with Crippen molar-refractivity contribution in [2.24, 2.45) is 0 Å². The number of nitrogens with one attached hydrogen (secondary N) is 1. The van der Waals surface area contributed by atoms with Crippen LogP contribution in [0.15, 0.2) is 77.7 Å². The number of benzene rings is 3. The zero-order chi connectivity index (χ0) is 29.4. The molecule has 214 valence electrons. The van der Waals surface area contributed by atoms with Gasteiger partial charge in [-0.3, -0.25) is 13.9 Å². The Labute approximate surface area is 243 Å². The Bertz CT molecular complexity index is 1410. The van der Waals surface area contributed by atoms with Gasteiger partial charge in [0.15, 0.2) is 0 Å². The molecular formula is C31H38ClN3O4S. The van der Waals surface area contributed by atoms with E-state index in [-0.39, 0.29) is 23.4 Å². The summed E-state index contributed by atoms with van der Waals surface area (Å²) in [7, 11) is -4.13. The number of rotatable bonds is 12. The molecule has 0 spiro atoms. The summed E-state index contributed by atoms with van der Waals surface area (Å²) in [5.41, 5.74) is 3.08. The first-order valence-electron chi connectivity index (χ1n) is 13.5. The van der Waals surface area contributed by atoms with Crippen LogP contribution < -0.4 is 9.62 Å². The zero-order valence-electron chi connectivity index (χ0n) is 23.7. The number of anilines is 1. The van der Waals surface area contributed by atoms with Crippen molar-refractivity contribution < 1.29 is 18.0 Å². The van der Waals surface area contributed by atoms with Crippen LogP contribution in [0, 0.1) is 13.8 Å². The van der Waals surface area contributed by atoms with Gasteiger partial charge >= 0.3 is 0 Å². The van der Waals surface area contributed by atoms with Crippen LogP contribution >= 0.6 is 11.6 Å². The molecule has 0 radical (unpaired) electrons. The Hall–Kier alpha value is -3.36. The average molecular weight is 584 g/mol. The highest BCUT2D eigenvalue weighted by atomic mass is 35.5. The Balaban J connectivity index is 2.05. The maximum absolute atomic E-state index is 14.1. The van der Waals surface area contributed by atoms with E-state index < -0.39 is 28.5 Å². The van der Waals surface area contributed by atoms with E-state index in [2.05, 4.69) is 5.32 Å². The summed E-state index contributed by atoms with van der Waals surface area (Å²) in [5, 5.41) is 3.43. The molecule has 0 aliphatic rings. The van der Waals surface area contributed by atoms with Gasteiger partial charge < -0.3 is 10.2 Å². The number of amides is 2. The van der Waals surface area contributed by atoms with E-state index >= 15 is 0 Å². The monoisotopic (exact) mass is 583 g/mol. The van der Waals surface area contributed by atoms with E-state index in [1.165, 1.54) is 17.0 Å². The van der Waals surface area contributed by atoms with Crippen molar-refractivity contribution in [3.63, 3.8) is 0 Å². The molecule has 0 fully saturated rings. The van der Waals surface area contributed by atoms with E-state index in [0.717, 1.165) is 27.4 Å². The third-order valence-corrected chi connectivity index (χ3v) is 8.86. The number of carbonyl (C=O) groups excluding carboxylic acids is 2. The van der Waals surface area contributed by atoms with Gasteiger partial charge in [0.05, 0.1) is 10.6 Å². The second-order valence-electron chi connectivity index (χ2n) is 10.1. The predicted molar refractivity (Wildman–Crippen MR) is 161 cm³/mol. The number of aryl methyl sites for hydroxylation is 2. The lowest BCUT2D eigenvalue weighted by Gasteiger charge is -2.33. The zero-order valence-corrected chi connectivity index (χ0v) is 25.3. The van der Waals surface area contributed by atoms with Crippen molar-refractivity contribution >= 4 is 39.1 Å². The molecule has 0 saturated heterocycles. The standard InChI is InChI=1S/C31H38ClN3O4S/c1-6-24(5)33-31(37)29(7-2)34(20-25-10-8-9-23(4)19-25)30(36)21-35(27-15-13-26(32)14-16-27)40(38,39)28-17-11-22(3)12-18-28/h8-19,24,29H,6-7,20-21H2,1-5H3,(H,33,37)/t24-,29+/m1/s1. The van der Waals surface area contributed by atoms with E-state index in [1.54, 1.807) is 36.4 Å². The molecule has 0 unspecified atom stereocenters. The molecule has 40 heavy (non-hydrogen) atoms. The number of sulfonamides is 1. The van der Waals surface area contributed by atoms with Crippen LogP contribution in [0.25, 0.3) is 0 Å². The van der Waals surface area contributed by atoms with Crippen molar-refractivity contribution in [1.29, 1.82) is 0 Å². The Morgan fingerprint density at radius 3 is 2.12 bits per heavy atom. The molecule has 0 aliphatic heterocycles. The fraction of sp³-hybridized carbons (Fsp3) is 0.355. The van der Waals surface area contributed by atoms with Gasteiger partial charge in [0, 0.05) is 17.6 Å². The maximum Gasteiger partial charge on any atom is 0.264 e. The van der Waals surface area contributed by atoms with Crippen molar-refractivity contribution in [3.05, 3.63) is 94.5 Å². The van der Waals surface area contributed by atoms with Crippen LogP contribution in [0.1, 0.15) is 50.3 Å². The molecule has 0 aromatic heterocycles. The highest BCUT2D eigenvalue weighted by molar-refractivity contribution is 7.92. The SMILES string of the molecule is CC[C@@H](C)NC(=O)[C@H](CC)N(Cc1cccc(C)c1)C(=O)CN(c1ccc(Cl)cc1)S(=O)(=O)c1ccc(C)cc1. The molecule has 0 heterocycles. The van der Waals surface area contributed by atoms with Gasteiger partial charge in [-0.2, -0.15) is 0 Å². The van der Waals surface area contributed by atoms with Gasteiger partial charge in [0.1, 0.15) is 12.6 Å². The molecule has 1 N–H and O–H groups in total. The number of hydrogen-bond acceptors (Lipinski definition) is 4. The Kier molecular flexibility index (Phi) is 10.8. The highest BCUT2D eigenvalue weighted by Crippen LogP contribution is 2.26. The Morgan fingerprint density at radius 2 is 1.55 bits per heavy atom. The van der Waals surface area contributed by atoms with Gasteiger partial charge in [-0.15, -0.1) is 0 Å². The van der Waals surface area contributed by atoms with Crippen LogP contribution in [-0.4, -0.2) is 43.8 Å². The lowest BCUT2D eigenvalue weighted by molar-refractivity contribution is -0.140. The topological polar surface area (TPSA) is 86.8 Å². The van der Waals surface area contributed by atoms with E-state index in [9.17, 15) is 18.0 Å². The first-order valence-corrected chi connectivity index (χ1v) is 15.3. The third-order valence-electron chi connectivity index (χ3n) is 6.82. The third kappa shape index (κ3) is 7.86. The summed E-state index contributed by atoms with van der Waals surface area (Å²) in [4.78, 5) is 29.0. The summed E-state index contributed by atoms with van der Waals surface area (Å²) in [6.07, 6.45) is 1.11. The number of carbonyl (C=O) groups is 2. The van der Waals surface area contributed by atoms with Gasteiger partial charge in [-0.25, -0.2) is 8.42 Å². The fourth-order valence-electron chi connectivity index (χ4n) is 4.34. The van der Waals surface area contributed by atoms with Crippen molar-refractivity contribution in [2.75, 3.05) is 10.8 Å². The molecule has 3 rings (SSSR count). The largest absolute Gasteiger partial charge is 0.352 e. The van der Waals surface area contributed by atoms with Gasteiger partial charge in [-0.05, 0) is 75.6 Å². The van der Waals surface area contributed by atoms with Crippen LogP contribution in [0.4, 0.5) is 5.69 Å². The summed E-state index contributed by atoms with van der Waals surface area (Å²) in [6.45, 7) is 9.23. The molecule has 3 aromatic carbocycles. The smallest absolute Gasteiger partial charge is 0.264 e. The van der Waals surface area contributed by atoms with Crippen molar-refractivity contribution in [2.45, 2.75) is 71.0 Å². The first-order chi connectivity index (χ1) is 19.0. The highest BCUT2D eigenvalue weighted by Gasteiger charge is 2.34. The molecule has 2 amide bonds. The second-order valence-corrected chi connectivity index (χ2v) is 12.4. The van der Waals surface area contributed by atoms with Crippen LogP contribution in [0.2, 0.25) is 5.02 Å². The summed E-state index contributed by atoms with van der Waals surface area (Å²) >= 11 is 6.09. The van der Waals surface area contributed by atoms with Crippen molar-refractivity contribution in [3.8, 4) is 0 Å². The molecule has 0 bridgehead atoms. The first kappa shape index (κ1) is 31.2. The van der Waals surface area contributed by atoms with E-state index in [1.807, 2.05) is 58.9 Å². The van der Waals surface area contributed by atoms with E-state index in [4.69, 9.17) is 11.6 Å². The van der Waals surface area contributed by atoms with Crippen LogP contribution in [0.5, 0.6) is 0 Å². The lowest BCUT2D eigenvalue weighted by Crippen LogP contribution is -2.53. The van der Waals surface area contributed by atoms with Gasteiger partial charge in [-0.1, -0.05) is 73.0 Å². The normalized spacial score (nSPS) is 12.8. The van der Waals surface area contributed by atoms with Crippen LogP contribution in [0.3, 0.4) is 0 Å². The summed E-state index contributed by atoms with van der Waals surface area (Å²) < 4.78 is 28.9. The van der Waals surface area contributed by atoms with Gasteiger partial charge in [0.25, 0.3) is 10.0 Å². The predicted octanol–water partition coefficient (Wildman–Crippen LogP) is 5.87. The molecule has 0 aliphatic carbocycles. The number of halogens is 1. The van der Waals surface area contributed by atoms with E-state index in [0.29, 0.717) is 17.1 Å². The second kappa shape index (κ2) is 13.8. The molecule has 3 aromatic rings.